The second-order valence-corrected chi connectivity index (χ2v) is 3.64. The fourth-order valence-electron chi connectivity index (χ4n) is 0.287. The highest BCUT2D eigenvalue weighted by molar-refractivity contribution is 7.90. The Morgan fingerprint density at radius 2 is 2.10 bits per heavy atom. The first-order valence-corrected chi connectivity index (χ1v) is 4.40. The van der Waals surface area contributed by atoms with Gasteiger partial charge in [-0.05, 0) is 6.92 Å². The van der Waals surface area contributed by atoms with E-state index in [4.69, 9.17) is 5.73 Å². The lowest BCUT2D eigenvalue weighted by molar-refractivity contribution is -0.118. The Labute approximate surface area is 59.6 Å². The molecule has 3 N–H and O–H groups in total. The Bertz CT molecular complexity index is 209. The van der Waals surface area contributed by atoms with Crippen LogP contribution in [0, 0.1) is 0 Å². The van der Waals surface area contributed by atoms with Crippen molar-refractivity contribution in [2.24, 2.45) is 5.73 Å². The van der Waals surface area contributed by atoms with Crippen LogP contribution in [-0.4, -0.2) is 26.6 Å². The van der Waals surface area contributed by atoms with Crippen LogP contribution in [0.1, 0.15) is 6.92 Å². The Kier molecular flexibility index (Phi) is 3.31. The first-order valence-electron chi connectivity index (χ1n) is 2.75. The molecule has 0 heterocycles. The van der Waals surface area contributed by atoms with Crippen LogP contribution in [0.3, 0.4) is 0 Å². The topological polar surface area (TPSA) is 89.3 Å². The van der Waals surface area contributed by atoms with Gasteiger partial charge >= 0.3 is 0 Å². The lowest BCUT2D eigenvalue weighted by Crippen LogP contribution is -2.36. The van der Waals surface area contributed by atoms with E-state index in [1.165, 1.54) is 6.92 Å². The zero-order valence-electron chi connectivity index (χ0n) is 5.62. The van der Waals surface area contributed by atoms with E-state index in [0.717, 1.165) is 0 Å². The summed E-state index contributed by atoms with van der Waals surface area (Å²) in [4.78, 5) is 10.4. The molecule has 60 valence electrons. The van der Waals surface area contributed by atoms with E-state index in [1.807, 2.05) is 0 Å². The number of hydrogen-bond donors (Lipinski definition) is 2. The molecule has 0 aliphatic carbocycles. The van der Waals surface area contributed by atoms with Gasteiger partial charge in [0.05, 0.1) is 12.3 Å². The van der Waals surface area contributed by atoms with Gasteiger partial charge in [0.1, 0.15) is 0 Å². The molecule has 0 spiro atoms. The predicted molar refractivity (Wildman–Crippen MR) is 36.7 cm³/mol. The summed E-state index contributed by atoms with van der Waals surface area (Å²) in [7, 11) is -3.41. The van der Waals surface area contributed by atoms with Crippen LogP contribution in [0.25, 0.3) is 0 Å². The van der Waals surface area contributed by atoms with E-state index in [0.29, 0.717) is 0 Å². The van der Waals surface area contributed by atoms with Gasteiger partial charge in [0.2, 0.25) is 15.9 Å². The van der Waals surface area contributed by atoms with Crippen molar-refractivity contribution in [3.05, 3.63) is 0 Å². The second-order valence-electron chi connectivity index (χ2n) is 1.63. The molecule has 0 bridgehead atoms. The Balaban J connectivity index is 4.03. The summed E-state index contributed by atoms with van der Waals surface area (Å²) in [5.74, 6) is -0.791. The molecular formula is C4H10N2O3S. The molecule has 0 aliphatic heterocycles. The van der Waals surface area contributed by atoms with Crippen LogP contribution in [0.2, 0.25) is 0 Å². The molecule has 0 rings (SSSR count). The molecule has 0 aliphatic rings. The maximum Gasteiger partial charge on any atom is 0.247 e. The number of nitrogens with one attached hydrogen (secondary N) is 1. The highest BCUT2D eigenvalue weighted by Gasteiger charge is 2.08. The average molecular weight is 166 g/mol. The van der Waals surface area contributed by atoms with Crippen molar-refractivity contribution in [1.29, 1.82) is 0 Å². The zero-order valence-corrected chi connectivity index (χ0v) is 6.44. The van der Waals surface area contributed by atoms with Gasteiger partial charge in [0.15, 0.2) is 0 Å². The first-order chi connectivity index (χ1) is 4.52. The highest BCUT2D eigenvalue weighted by atomic mass is 32.2. The number of rotatable bonds is 3. The molecule has 5 nitrogen and oxygen atoms in total. The van der Waals surface area contributed by atoms with Gasteiger partial charge in [-0.25, -0.2) is 8.42 Å². The summed E-state index contributed by atoms with van der Waals surface area (Å²) >= 11 is 0. The summed E-state index contributed by atoms with van der Waals surface area (Å²) in [6, 6.07) is 0. The molecular weight excluding hydrogens is 156 g/mol. The first kappa shape index (κ1) is 9.38. The number of nitrogens with two attached hydrogens (primary N) is 1. The van der Waals surface area contributed by atoms with Gasteiger partial charge < -0.3 is 5.73 Å². The highest BCUT2D eigenvalue weighted by Crippen LogP contribution is 1.79. The Morgan fingerprint density at radius 1 is 1.60 bits per heavy atom. The van der Waals surface area contributed by atoms with Crippen molar-refractivity contribution < 1.29 is 13.2 Å². The summed E-state index contributed by atoms with van der Waals surface area (Å²) in [6.07, 6.45) is 0. The number of carbonyl (C=O) groups is 1. The average Bonchev–Trinajstić information content (AvgIpc) is 1.87. The lowest BCUT2D eigenvalue weighted by Gasteiger charge is -2.00. The summed E-state index contributed by atoms with van der Waals surface area (Å²) in [5.41, 5.74) is 4.86. The Hall–Kier alpha value is -0.620. The van der Waals surface area contributed by atoms with Gasteiger partial charge in [-0.15, -0.1) is 0 Å². The van der Waals surface area contributed by atoms with E-state index < -0.39 is 15.9 Å². The molecule has 0 radical (unpaired) electrons. The number of hydrogen-bond acceptors (Lipinski definition) is 4. The molecule has 10 heavy (non-hydrogen) atoms. The minimum atomic E-state index is -3.41. The third-order valence-corrected chi connectivity index (χ3v) is 2.13. The largest absolute Gasteiger partial charge is 0.322 e. The van der Waals surface area contributed by atoms with E-state index in [1.54, 1.807) is 4.72 Å². The van der Waals surface area contributed by atoms with Gasteiger partial charge in [-0.2, -0.15) is 0 Å². The molecule has 0 fully saturated rings. The predicted octanol–water partition coefficient (Wildman–Crippen LogP) is -1.59. The fraction of sp³-hybridized carbons (Fsp3) is 0.750. The molecule has 0 aromatic rings. The standard InChI is InChI=1S/C4H10N2O3S/c1-2-10(8,9)6-4(7)3-5/h2-3,5H2,1H3,(H,6,7). The molecule has 1 amide bonds. The van der Waals surface area contributed by atoms with Crippen molar-refractivity contribution in [2.45, 2.75) is 6.92 Å². The van der Waals surface area contributed by atoms with E-state index >= 15 is 0 Å². The quantitative estimate of drug-likeness (QED) is 0.529. The molecule has 0 aromatic heterocycles. The SMILES string of the molecule is CCS(=O)(=O)NC(=O)CN. The van der Waals surface area contributed by atoms with Crippen LogP contribution in [-0.2, 0) is 14.8 Å². The minimum Gasteiger partial charge on any atom is -0.322 e. The van der Waals surface area contributed by atoms with Crippen molar-refractivity contribution >= 4 is 15.9 Å². The fourth-order valence-corrected chi connectivity index (χ4v) is 0.862. The van der Waals surface area contributed by atoms with Crippen LogP contribution in [0.15, 0.2) is 0 Å². The van der Waals surface area contributed by atoms with Crippen LogP contribution < -0.4 is 10.5 Å². The molecule has 6 heteroatoms. The maximum atomic E-state index is 10.6. The molecule has 0 saturated carbocycles. The van der Waals surface area contributed by atoms with Crippen LogP contribution in [0.5, 0.6) is 0 Å². The molecule has 0 aromatic carbocycles. The van der Waals surface area contributed by atoms with E-state index in [9.17, 15) is 13.2 Å². The van der Waals surface area contributed by atoms with Crippen molar-refractivity contribution in [3.63, 3.8) is 0 Å². The van der Waals surface area contributed by atoms with Crippen molar-refractivity contribution in [2.75, 3.05) is 12.3 Å². The molecule has 0 atom stereocenters. The maximum absolute atomic E-state index is 10.6. The van der Waals surface area contributed by atoms with E-state index in [2.05, 4.69) is 0 Å². The second kappa shape index (κ2) is 3.52. The van der Waals surface area contributed by atoms with Gasteiger partial charge in [-0.3, -0.25) is 9.52 Å². The minimum absolute atomic E-state index is 0.112. The number of amides is 1. The summed E-state index contributed by atoms with van der Waals surface area (Å²) in [5, 5.41) is 0. The molecule has 0 unspecified atom stereocenters. The van der Waals surface area contributed by atoms with Crippen LogP contribution >= 0.6 is 0 Å². The smallest absolute Gasteiger partial charge is 0.247 e. The van der Waals surface area contributed by atoms with Gasteiger partial charge in [0, 0.05) is 0 Å². The molecule has 0 saturated heterocycles. The number of sulfonamides is 1. The van der Waals surface area contributed by atoms with Crippen molar-refractivity contribution in [3.8, 4) is 0 Å². The van der Waals surface area contributed by atoms with Crippen LogP contribution in [0.4, 0.5) is 0 Å². The third-order valence-electron chi connectivity index (χ3n) is 0.835. The summed E-state index contributed by atoms with van der Waals surface area (Å²) in [6.45, 7) is 1.13. The van der Waals surface area contributed by atoms with Gasteiger partial charge in [-0.1, -0.05) is 0 Å². The van der Waals surface area contributed by atoms with E-state index in [-0.39, 0.29) is 12.3 Å². The normalized spacial score (nSPS) is 11.0. The zero-order chi connectivity index (χ0) is 8.20. The summed E-state index contributed by atoms with van der Waals surface area (Å²) < 4.78 is 22.9. The van der Waals surface area contributed by atoms with Gasteiger partial charge in [0.25, 0.3) is 0 Å². The monoisotopic (exact) mass is 166 g/mol. The lowest BCUT2D eigenvalue weighted by atomic mass is 10.7. The number of carbonyl (C=O) groups excluding carboxylic acids is 1. The third kappa shape index (κ3) is 3.41. The van der Waals surface area contributed by atoms with Crippen molar-refractivity contribution in [1.82, 2.24) is 4.72 Å². The Morgan fingerprint density at radius 3 is 2.40 bits per heavy atom.